The first-order valence-corrected chi connectivity index (χ1v) is 6.61. The van der Waals surface area contributed by atoms with Crippen molar-refractivity contribution in [1.82, 2.24) is 0 Å². The molecule has 4 unspecified atom stereocenters. The highest BCUT2D eigenvalue weighted by Gasteiger charge is 2.60. The molecule has 1 aromatic carbocycles. The maximum absolute atomic E-state index is 2.52. The van der Waals surface area contributed by atoms with Crippen LogP contribution in [0.3, 0.4) is 0 Å². The zero-order chi connectivity index (χ0) is 11.4. The van der Waals surface area contributed by atoms with Crippen LogP contribution in [0.1, 0.15) is 51.5 Å². The predicted molar refractivity (Wildman–Crippen MR) is 68.4 cm³/mol. The molecule has 3 rings (SSSR count). The number of fused-ring (bicyclic) bond motifs is 2. The smallest absolute Gasteiger partial charge is 0.00999 e. The number of hydrogen-bond acceptors (Lipinski definition) is 0. The van der Waals surface area contributed by atoms with Crippen molar-refractivity contribution in [1.29, 1.82) is 0 Å². The maximum Gasteiger partial charge on any atom is -0.00999 e. The van der Waals surface area contributed by atoms with Gasteiger partial charge in [-0.1, -0.05) is 51.1 Å². The lowest BCUT2D eigenvalue weighted by Gasteiger charge is -2.34. The topological polar surface area (TPSA) is 0 Å². The van der Waals surface area contributed by atoms with Gasteiger partial charge in [0.15, 0.2) is 0 Å². The van der Waals surface area contributed by atoms with Crippen LogP contribution in [-0.2, 0) is 0 Å². The summed E-state index contributed by atoms with van der Waals surface area (Å²) < 4.78 is 0. The van der Waals surface area contributed by atoms with Gasteiger partial charge in [-0.05, 0) is 47.5 Å². The zero-order valence-corrected chi connectivity index (χ0v) is 10.7. The Morgan fingerprint density at radius 2 is 1.75 bits per heavy atom. The summed E-state index contributed by atoms with van der Waals surface area (Å²) in [4.78, 5) is 0. The SMILES string of the molecule is CC1C2(C)CCC1(C)C(c1ccccc1)C2. The van der Waals surface area contributed by atoms with E-state index >= 15 is 0 Å². The van der Waals surface area contributed by atoms with Crippen molar-refractivity contribution in [2.75, 3.05) is 0 Å². The average molecular weight is 214 g/mol. The summed E-state index contributed by atoms with van der Waals surface area (Å²) in [6.07, 6.45) is 4.26. The van der Waals surface area contributed by atoms with Gasteiger partial charge in [-0.2, -0.15) is 0 Å². The Kier molecular flexibility index (Phi) is 2.02. The van der Waals surface area contributed by atoms with E-state index in [2.05, 4.69) is 51.1 Å². The molecule has 4 atom stereocenters. The van der Waals surface area contributed by atoms with E-state index in [0.29, 0.717) is 10.8 Å². The normalized spacial score (nSPS) is 46.2. The molecule has 16 heavy (non-hydrogen) atoms. The molecule has 1 aromatic rings. The molecule has 0 aliphatic heterocycles. The second-order valence-corrected chi connectivity index (χ2v) is 6.55. The molecule has 0 N–H and O–H groups in total. The molecule has 0 aromatic heterocycles. The lowest BCUT2D eigenvalue weighted by atomic mass is 9.71. The summed E-state index contributed by atoms with van der Waals surface area (Å²) in [6.45, 7) is 7.51. The lowest BCUT2D eigenvalue weighted by Crippen LogP contribution is -2.23. The third-order valence-electron chi connectivity index (χ3n) is 5.94. The van der Waals surface area contributed by atoms with Gasteiger partial charge in [-0.25, -0.2) is 0 Å². The Balaban J connectivity index is 2.01. The minimum absolute atomic E-state index is 0.552. The summed E-state index contributed by atoms with van der Waals surface area (Å²) in [7, 11) is 0. The van der Waals surface area contributed by atoms with Gasteiger partial charge in [-0.3, -0.25) is 0 Å². The van der Waals surface area contributed by atoms with Gasteiger partial charge in [0.25, 0.3) is 0 Å². The first-order chi connectivity index (χ1) is 7.56. The Bertz CT molecular complexity index is 394. The van der Waals surface area contributed by atoms with Gasteiger partial charge >= 0.3 is 0 Å². The van der Waals surface area contributed by atoms with Gasteiger partial charge in [0.1, 0.15) is 0 Å². The monoisotopic (exact) mass is 214 g/mol. The Morgan fingerprint density at radius 3 is 2.25 bits per heavy atom. The van der Waals surface area contributed by atoms with Crippen molar-refractivity contribution in [3.8, 4) is 0 Å². The van der Waals surface area contributed by atoms with Crippen molar-refractivity contribution < 1.29 is 0 Å². The molecule has 0 radical (unpaired) electrons. The lowest BCUT2D eigenvalue weighted by molar-refractivity contribution is 0.226. The zero-order valence-electron chi connectivity index (χ0n) is 10.7. The molecule has 2 aliphatic rings. The van der Waals surface area contributed by atoms with Crippen LogP contribution in [0.25, 0.3) is 0 Å². The van der Waals surface area contributed by atoms with Crippen molar-refractivity contribution >= 4 is 0 Å². The molecule has 0 heterocycles. The van der Waals surface area contributed by atoms with Crippen LogP contribution in [0.15, 0.2) is 30.3 Å². The minimum atomic E-state index is 0.552. The fourth-order valence-corrected chi connectivity index (χ4v) is 4.42. The maximum atomic E-state index is 2.52. The fourth-order valence-electron chi connectivity index (χ4n) is 4.42. The quantitative estimate of drug-likeness (QED) is 0.640. The third-order valence-corrected chi connectivity index (χ3v) is 5.94. The molecule has 0 amide bonds. The molecule has 2 fully saturated rings. The van der Waals surface area contributed by atoms with Crippen molar-refractivity contribution in [3.05, 3.63) is 35.9 Å². The van der Waals surface area contributed by atoms with E-state index in [1.165, 1.54) is 19.3 Å². The summed E-state index contributed by atoms with van der Waals surface area (Å²) in [6, 6.07) is 11.2. The van der Waals surface area contributed by atoms with E-state index in [4.69, 9.17) is 0 Å². The highest BCUT2D eigenvalue weighted by Crippen LogP contribution is 2.70. The number of hydrogen-bond donors (Lipinski definition) is 0. The van der Waals surface area contributed by atoms with E-state index in [1.54, 1.807) is 5.56 Å². The molecular formula is C16H22. The first kappa shape index (κ1) is 10.4. The van der Waals surface area contributed by atoms with Crippen LogP contribution in [0.4, 0.5) is 0 Å². The summed E-state index contributed by atoms with van der Waals surface area (Å²) >= 11 is 0. The Labute approximate surface area is 99.1 Å². The van der Waals surface area contributed by atoms with Crippen LogP contribution >= 0.6 is 0 Å². The Morgan fingerprint density at radius 1 is 1.06 bits per heavy atom. The highest BCUT2D eigenvalue weighted by atomic mass is 14.6. The standard InChI is InChI=1S/C16H22/c1-12-15(2)9-10-16(12,3)14(11-15)13-7-5-4-6-8-13/h4-8,12,14H,9-11H2,1-3H3. The van der Waals surface area contributed by atoms with Gasteiger partial charge in [0, 0.05) is 0 Å². The molecule has 2 saturated carbocycles. The van der Waals surface area contributed by atoms with Crippen LogP contribution in [-0.4, -0.2) is 0 Å². The molecule has 2 aliphatic carbocycles. The van der Waals surface area contributed by atoms with E-state index < -0.39 is 0 Å². The Hall–Kier alpha value is -0.780. The molecular weight excluding hydrogens is 192 g/mol. The minimum Gasteiger partial charge on any atom is -0.0622 e. The first-order valence-electron chi connectivity index (χ1n) is 6.61. The average Bonchev–Trinajstić information content (AvgIpc) is 2.65. The van der Waals surface area contributed by atoms with Gasteiger partial charge in [0.05, 0.1) is 0 Å². The van der Waals surface area contributed by atoms with Crippen LogP contribution in [0.2, 0.25) is 0 Å². The van der Waals surface area contributed by atoms with Crippen LogP contribution in [0.5, 0.6) is 0 Å². The summed E-state index contributed by atoms with van der Waals surface area (Å²) in [5.41, 5.74) is 2.73. The van der Waals surface area contributed by atoms with E-state index in [9.17, 15) is 0 Å². The molecule has 0 nitrogen and oxygen atoms in total. The fraction of sp³-hybridized carbons (Fsp3) is 0.625. The van der Waals surface area contributed by atoms with E-state index in [0.717, 1.165) is 11.8 Å². The molecule has 86 valence electrons. The predicted octanol–water partition coefficient (Wildman–Crippen LogP) is 4.62. The van der Waals surface area contributed by atoms with Crippen molar-refractivity contribution in [3.63, 3.8) is 0 Å². The third kappa shape index (κ3) is 1.16. The van der Waals surface area contributed by atoms with Gasteiger partial charge in [0.2, 0.25) is 0 Å². The molecule has 0 spiro atoms. The second kappa shape index (κ2) is 3.12. The molecule has 0 saturated heterocycles. The number of benzene rings is 1. The molecule has 2 bridgehead atoms. The molecule has 0 heteroatoms. The summed E-state index contributed by atoms with van der Waals surface area (Å²) in [5, 5.41) is 0. The summed E-state index contributed by atoms with van der Waals surface area (Å²) in [5.74, 6) is 1.67. The largest absolute Gasteiger partial charge is 0.0622 e. The van der Waals surface area contributed by atoms with Crippen molar-refractivity contribution in [2.45, 2.75) is 46.0 Å². The van der Waals surface area contributed by atoms with Gasteiger partial charge < -0.3 is 0 Å². The highest BCUT2D eigenvalue weighted by molar-refractivity contribution is 5.28. The van der Waals surface area contributed by atoms with Gasteiger partial charge in [-0.15, -0.1) is 0 Å². The second-order valence-electron chi connectivity index (χ2n) is 6.55. The van der Waals surface area contributed by atoms with Crippen LogP contribution in [0, 0.1) is 16.7 Å². The van der Waals surface area contributed by atoms with Crippen molar-refractivity contribution in [2.24, 2.45) is 16.7 Å². The van der Waals surface area contributed by atoms with E-state index in [-0.39, 0.29) is 0 Å². The van der Waals surface area contributed by atoms with E-state index in [1.807, 2.05) is 0 Å². The van der Waals surface area contributed by atoms with Crippen LogP contribution < -0.4 is 0 Å². The number of rotatable bonds is 1.